The number of aromatic nitrogens is 1. The van der Waals surface area contributed by atoms with Gasteiger partial charge in [-0.2, -0.15) is 0 Å². The first-order valence-corrected chi connectivity index (χ1v) is 9.57. The van der Waals surface area contributed by atoms with E-state index in [1.807, 2.05) is 4.90 Å². The zero-order valence-electron chi connectivity index (χ0n) is 16.5. The Hall–Kier alpha value is -3.00. The molecule has 2 aliphatic heterocycles. The fraction of sp³-hybridized carbons (Fsp3) is 0.381. The zero-order chi connectivity index (χ0) is 20.6. The van der Waals surface area contributed by atoms with Crippen LogP contribution >= 0.6 is 0 Å². The summed E-state index contributed by atoms with van der Waals surface area (Å²) in [7, 11) is 0. The van der Waals surface area contributed by atoms with Crippen LogP contribution in [-0.2, 0) is 16.1 Å². The second-order valence-electron chi connectivity index (χ2n) is 7.66. The number of carbonyl (C=O) groups excluding carboxylic acids is 2. The van der Waals surface area contributed by atoms with Crippen molar-refractivity contribution in [2.24, 2.45) is 0 Å². The van der Waals surface area contributed by atoms with Crippen LogP contribution in [0.15, 0.2) is 42.7 Å². The number of imide groups is 1. The molecule has 0 atom stereocenters. The Morgan fingerprint density at radius 1 is 1.10 bits per heavy atom. The normalized spacial score (nSPS) is 19.2. The molecule has 2 fully saturated rings. The minimum atomic E-state index is -1.04. The molecule has 4 rings (SSSR count). The fourth-order valence-electron chi connectivity index (χ4n) is 3.70. The van der Waals surface area contributed by atoms with Crippen LogP contribution in [-0.4, -0.2) is 53.7 Å². The summed E-state index contributed by atoms with van der Waals surface area (Å²) in [6.45, 7) is 5.96. The Labute approximate surface area is 168 Å². The van der Waals surface area contributed by atoms with Crippen molar-refractivity contribution in [3.63, 3.8) is 0 Å². The Bertz CT molecular complexity index is 929. The molecule has 0 radical (unpaired) electrons. The third kappa shape index (κ3) is 3.44. The van der Waals surface area contributed by atoms with Crippen molar-refractivity contribution in [1.82, 2.24) is 9.88 Å². The lowest BCUT2D eigenvalue weighted by Crippen LogP contribution is -2.43. The lowest BCUT2D eigenvalue weighted by atomic mass is 10.0. The predicted molar refractivity (Wildman–Crippen MR) is 106 cm³/mol. The monoisotopic (exact) mass is 398 g/mol. The van der Waals surface area contributed by atoms with Crippen LogP contribution in [0.5, 0.6) is 0 Å². The van der Waals surface area contributed by atoms with Crippen LogP contribution in [0.1, 0.15) is 19.4 Å². The van der Waals surface area contributed by atoms with Crippen molar-refractivity contribution < 1.29 is 18.7 Å². The number of morpholine rings is 1. The van der Waals surface area contributed by atoms with Crippen LogP contribution in [0.4, 0.5) is 20.6 Å². The molecule has 0 bridgehead atoms. The molecule has 2 aromatic rings. The van der Waals surface area contributed by atoms with Crippen LogP contribution in [0.25, 0.3) is 0 Å². The molecule has 7 nitrogen and oxygen atoms in total. The van der Waals surface area contributed by atoms with E-state index in [0.717, 1.165) is 10.5 Å². The van der Waals surface area contributed by atoms with Gasteiger partial charge < -0.3 is 14.5 Å². The minimum absolute atomic E-state index is 0.236. The molecule has 29 heavy (non-hydrogen) atoms. The molecule has 0 saturated carbocycles. The number of pyridine rings is 1. The van der Waals surface area contributed by atoms with Gasteiger partial charge >= 0.3 is 6.03 Å². The van der Waals surface area contributed by atoms with Crippen molar-refractivity contribution in [2.45, 2.75) is 25.9 Å². The van der Waals surface area contributed by atoms with E-state index in [1.54, 1.807) is 50.5 Å². The average Bonchev–Trinajstić information content (AvgIpc) is 2.89. The number of hydrogen-bond donors (Lipinski definition) is 0. The van der Waals surface area contributed by atoms with Gasteiger partial charge in [-0.3, -0.25) is 9.78 Å². The van der Waals surface area contributed by atoms with Crippen LogP contribution in [0.2, 0.25) is 0 Å². The maximum atomic E-state index is 14.8. The van der Waals surface area contributed by atoms with E-state index in [-0.39, 0.29) is 18.1 Å². The second kappa shape index (κ2) is 7.44. The Kier molecular flexibility index (Phi) is 4.96. The highest BCUT2D eigenvalue weighted by atomic mass is 19.1. The van der Waals surface area contributed by atoms with Gasteiger partial charge in [0.05, 0.1) is 24.6 Å². The lowest BCUT2D eigenvalue weighted by Gasteiger charge is -2.29. The third-order valence-electron chi connectivity index (χ3n) is 5.45. The number of benzene rings is 1. The summed E-state index contributed by atoms with van der Waals surface area (Å²) in [5.74, 6) is -0.842. The molecule has 2 aliphatic rings. The average molecular weight is 398 g/mol. The molecule has 0 unspecified atom stereocenters. The summed E-state index contributed by atoms with van der Waals surface area (Å²) >= 11 is 0. The number of amides is 3. The van der Waals surface area contributed by atoms with E-state index in [4.69, 9.17) is 4.74 Å². The predicted octanol–water partition coefficient (Wildman–Crippen LogP) is 2.80. The highest BCUT2D eigenvalue weighted by molar-refractivity contribution is 6.23. The number of halogens is 1. The van der Waals surface area contributed by atoms with E-state index in [9.17, 15) is 14.0 Å². The van der Waals surface area contributed by atoms with Gasteiger partial charge in [-0.1, -0.05) is 0 Å². The Balaban J connectivity index is 1.62. The Morgan fingerprint density at radius 2 is 1.79 bits per heavy atom. The standard InChI is InChI=1S/C21H23FN4O3/c1-21(2)19(27)26(20(28)25(21)14-15-5-7-23-8-6-15)16-3-4-18(17(22)13-16)24-9-11-29-12-10-24/h3-8,13H,9-12,14H2,1-2H3. The summed E-state index contributed by atoms with van der Waals surface area (Å²) in [6.07, 6.45) is 3.28. The third-order valence-corrected chi connectivity index (χ3v) is 5.45. The van der Waals surface area contributed by atoms with Gasteiger partial charge in [0.1, 0.15) is 11.4 Å². The molecule has 0 spiro atoms. The van der Waals surface area contributed by atoms with E-state index < -0.39 is 17.4 Å². The zero-order valence-corrected chi connectivity index (χ0v) is 16.5. The smallest absolute Gasteiger partial charge is 0.332 e. The van der Waals surface area contributed by atoms with E-state index >= 15 is 0 Å². The first-order chi connectivity index (χ1) is 13.9. The minimum Gasteiger partial charge on any atom is -0.378 e. The van der Waals surface area contributed by atoms with Gasteiger partial charge in [0.2, 0.25) is 0 Å². The van der Waals surface area contributed by atoms with Crippen molar-refractivity contribution >= 4 is 23.3 Å². The van der Waals surface area contributed by atoms with Crippen LogP contribution in [0, 0.1) is 5.82 Å². The SMILES string of the molecule is CC1(C)C(=O)N(c2ccc(N3CCOCC3)c(F)c2)C(=O)N1Cc1ccncc1. The summed E-state index contributed by atoms with van der Waals surface area (Å²) in [5.41, 5.74) is 0.508. The van der Waals surface area contributed by atoms with Crippen molar-refractivity contribution in [2.75, 3.05) is 36.1 Å². The van der Waals surface area contributed by atoms with Crippen LogP contribution < -0.4 is 9.80 Å². The maximum absolute atomic E-state index is 14.8. The molecule has 8 heteroatoms. The molecule has 1 aromatic carbocycles. The van der Waals surface area contributed by atoms with Crippen LogP contribution in [0.3, 0.4) is 0 Å². The van der Waals surface area contributed by atoms with Crippen molar-refractivity contribution in [3.8, 4) is 0 Å². The second-order valence-corrected chi connectivity index (χ2v) is 7.66. The fourth-order valence-corrected chi connectivity index (χ4v) is 3.70. The number of ether oxygens (including phenoxy) is 1. The highest BCUT2D eigenvalue weighted by Gasteiger charge is 2.51. The molecule has 3 amide bonds. The van der Waals surface area contributed by atoms with Gasteiger partial charge in [0.25, 0.3) is 5.91 Å². The number of anilines is 2. The molecule has 1 aromatic heterocycles. The van der Waals surface area contributed by atoms with E-state index in [1.165, 1.54) is 11.0 Å². The number of hydrogen-bond acceptors (Lipinski definition) is 5. The van der Waals surface area contributed by atoms with Gasteiger partial charge in [-0.15, -0.1) is 0 Å². The molecule has 0 N–H and O–H groups in total. The van der Waals surface area contributed by atoms with E-state index in [2.05, 4.69) is 4.98 Å². The maximum Gasteiger partial charge on any atom is 0.332 e. The largest absolute Gasteiger partial charge is 0.378 e. The van der Waals surface area contributed by atoms with Gasteiger partial charge in [-0.05, 0) is 43.7 Å². The highest BCUT2D eigenvalue weighted by Crippen LogP contribution is 2.35. The number of nitrogens with zero attached hydrogens (tertiary/aromatic N) is 4. The van der Waals surface area contributed by atoms with Gasteiger partial charge in [0, 0.05) is 38.1 Å². The molecule has 152 valence electrons. The Morgan fingerprint density at radius 3 is 2.45 bits per heavy atom. The lowest BCUT2D eigenvalue weighted by molar-refractivity contribution is -0.123. The number of carbonyl (C=O) groups is 2. The van der Waals surface area contributed by atoms with Crippen molar-refractivity contribution in [1.29, 1.82) is 0 Å². The summed E-state index contributed by atoms with van der Waals surface area (Å²) in [4.78, 5) is 34.6. The van der Waals surface area contributed by atoms with Crippen molar-refractivity contribution in [3.05, 3.63) is 54.1 Å². The molecule has 2 saturated heterocycles. The number of rotatable bonds is 4. The van der Waals surface area contributed by atoms with Gasteiger partial charge in [0.15, 0.2) is 0 Å². The first-order valence-electron chi connectivity index (χ1n) is 9.57. The summed E-state index contributed by atoms with van der Waals surface area (Å²) < 4.78 is 20.1. The molecule has 0 aliphatic carbocycles. The van der Waals surface area contributed by atoms with Gasteiger partial charge in [-0.25, -0.2) is 14.1 Å². The number of urea groups is 1. The quantitative estimate of drug-likeness (QED) is 0.741. The summed E-state index contributed by atoms with van der Waals surface area (Å²) in [5, 5.41) is 0. The topological polar surface area (TPSA) is 66.0 Å². The first kappa shape index (κ1) is 19.3. The molecular formula is C21H23FN4O3. The summed E-state index contributed by atoms with van der Waals surface area (Å²) in [6, 6.07) is 7.63. The van der Waals surface area contributed by atoms with E-state index in [0.29, 0.717) is 32.0 Å². The molecule has 3 heterocycles. The molecular weight excluding hydrogens is 375 g/mol.